The third kappa shape index (κ3) is 1.89. The number of nitrogens with zero attached hydrogens (tertiary/aromatic N) is 5. The van der Waals surface area contributed by atoms with Crippen LogP contribution < -0.4 is 5.56 Å². The fraction of sp³-hybridized carbons (Fsp3) is 0. The predicted molar refractivity (Wildman–Crippen MR) is 76.1 cm³/mol. The molecule has 0 radical (unpaired) electrons. The summed E-state index contributed by atoms with van der Waals surface area (Å²) in [7, 11) is 0. The molecule has 8 heteroatoms. The van der Waals surface area contributed by atoms with E-state index in [4.69, 9.17) is 0 Å². The smallest absolute Gasteiger partial charge is 0.251 e. The van der Waals surface area contributed by atoms with Crippen molar-refractivity contribution in [3.8, 4) is 16.8 Å². The molecule has 0 spiro atoms. The van der Waals surface area contributed by atoms with Gasteiger partial charge in [0.2, 0.25) is 5.95 Å². The Labute approximate surface area is 122 Å². The van der Waals surface area contributed by atoms with Crippen molar-refractivity contribution in [3.63, 3.8) is 0 Å². The van der Waals surface area contributed by atoms with Crippen LogP contribution in [0.2, 0.25) is 0 Å². The Bertz CT molecular complexity index is 1030. The van der Waals surface area contributed by atoms with Gasteiger partial charge in [-0.2, -0.15) is 14.6 Å². The van der Waals surface area contributed by atoms with Gasteiger partial charge in [0.25, 0.3) is 5.56 Å². The lowest BCUT2D eigenvalue weighted by Crippen LogP contribution is -2.07. The van der Waals surface area contributed by atoms with Crippen molar-refractivity contribution in [2.45, 2.75) is 0 Å². The summed E-state index contributed by atoms with van der Waals surface area (Å²) in [5.41, 5.74) is 1.81. The standard InChI is InChI=1S/C14H9FN6O/c15-13-10(2-1-4-16-13)9-6-17-21(8-9)11-7-18-20-5-3-12(22)19-14(11)20/h1-8H,(H,19,22). The average Bonchev–Trinajstić information content (AvgIpc) is 3.13. The van der Waals surface area contributed by atoms with Gasteiger partial charge in [0.1, 0.15) is 5.69 Å². The van der Waals surface area contributed by atoms with Gasteiger partial charge in [0.15, 0.2) is 5.65 Å². The minimum atomic E-state index is -0.560. The van der Waals surface area contributed by atoms with Gasteiger partial charge < -0.3 is 4.98 Å². The first-order valence-electron chi connectivity index (χ1n) is 6.45. The molecule has 0 aromatic carbocycles. The van der Waals surface area contributed by atoms with E-state index in [1.165, 1.54) is 27.7 Å². The SMILES string of the molecule is O=c1ccn2ncc(-n3cc(-c4cccnc4F)cn3)c2[nH]1. The van der Waals surface area contributed by atoms with Gasteiger partial charge in [-0.05, 0) is 12.1 Å². The van der Waals surface area contributed by atoms with E-state index in [9.17, 15) is 9.18 Å². The van der Waals surface area contributed by atoms with Crippen LogP contribution in [0.15, 0.2) is 54.0 Å². The lowest BCUT2D eigenvalue weighted by atomic mass is 10.2. The van der Waals surface area contributed by atoms with Crippen molar-refractivity contribution in [1.29, 1.82) is 0 Å². The Morgan fingerprint density at radius 2 is 2.09 bits per heavy atom. The highest BCUT2D eigenvalue weighted by molar-refractivity contribution is 5.63. The summed E-state index contributed by atoms with van der Waals surface area (Å²) in [5, 5.41) is 8.34. The van der Waals surface area contributed by atoms with Crippen LogP contribution in [0.4, 0.5) is 4.39 Å². The number of fused-ring (bicyclic) bond motifs is 1. The van der Waals surface area contributed by atoms with Gasteiger partial charge in [0.05, 0.1) is 12.4 Å². The number of aromatic nitrogens is 6. The van der Waals surface area contributed by atoms with Crippen molar-refractivity contribution >= 4 is 5.65 Å². The van der Waals surface area contributed by atoms with Gasteiger partial charge in [-0.15, -0.1) is 0 Å². The van der Waals surface area contributed by atoms with Crippen LogP contribution in [0.5, 0.6) is 0 Å². The monoisotopic (exact) mass is 296 g/mol. The summed E-state index contributed by atoms with van der Waals surface area (Å²) in [6, 6.07) is 4.66. The van der Waals surface area contributed by atoms with Crippen molar-refractivity contribution in [2.75, 3.05) is 0 Å². The topological polar surface area (TPSA) is 80.9 Å². The van der Waals surface area contributed by atoms with Crippen LogP contribution in [0.1, 0.15) is 0 Å². The second-order valence-electron chi connectivity index (χ2n) is 4.64. The summed E-state index contributed by atoms with van der Waals surface area (Å²) in [6.45, 7) is 0. The molecule has 0 aliphatic carbocycles. The second kappa shape index (κ2) is 4.62. The highest BCUT2D eigenvalue weighted by Gasteiger charge is 2.12. The molecule has 7 nitrogen and oxygen atoms in total. The number of halogens is 1. The lowest BCUT2D eigenvalue weighted by molar-refractivity contribution is 0.587. The highest BCUT2D eigenvalue weighted by atomic mass is 19.1. The molecule has 22 heavy (non-hydrogen) atoms. The summed E-state index contributed by atoms with van der Waals surface area (Å²) in [6.07, 6.45) is 7.71. The van der Waals surface area contributed by atoms with E-state index < -0.39 is 5.95 Å². The fourth-order valence-corrected chi connectivity index (χ4v) is 2.25. The third-order valence-corrected chi connectivity index (χ3v) is 3.28. The molecule has 0 fully saturated rings. The number of hydrogen-bond acceptors (Lipinski definition) is 4. The van der Waals surface area contributed by atoms with Gasteiger partial charge in [-0.3, -0.25) is 4.79 Å². The van der Waals surface area contributed by atoms with E-state index >= 15 is 0 Å². The van der Waals surface area contributed by atoms with Gasteiger partial charge >= 0.3 is 0 Å². The Kier molecular flexibility index (Phi) is 2.62. The van der Waals surface area contributed by atoms with Gasteiger partial charge in [-0.25, -0.2) is 14.2 Å². The maximum absolute atomic E-state index is 13.7. The number of H-pyrrole nitrogens is 1. The van der Waals surface area contributed by atoms with Crippen LogP contribution in [-0.2, 0) is 0 Å². The lowest BCUT2D eigenvalue weighted by Gasteiger charge is -1.99. The molecule has 0 unspecified atom stereocenters. The van der Waals surface area contributed by atoms with Crippen LogP contribution in [0.3, 0.4) is 0 Å². The Morgan fingerprint density at radius 1 is 1.18 bits per heavy atom. The molecule has 4 rings (SSSR count). The average molecular weight is 296 g/mol. The number of nitrogens with one attached hydrogen (secondary N) is 1. The molecule has 4 aromatic heterocycles. The first-order chi connectivity index (χ1) is 10.7. The molecule has 1 N–H and O–H groups in total. The Balaban J connectivity index is 1.85. The van der Waals surface area contributed by atoms with Gasteiger partial charge in [0, 0.05) is 35.8 Å². The van der Waals surface area contributed by atoms with E-state index in [1.807, 2.05) is 0 Å². The molecule has 0 saturated carbocycles. The van der Waals surface area contributed by atoms with Crippen molar-refractivity contribution in [2.24, 2.45) is 0 Å². The zero-order chi connectivity index (χ0) is 15.1. The van der Waals surface area contributed by atoms with Gasteiger partial charge in [-0.1, -0.05) is 0 Å². The molecule has 0 atom stereocenters. The quantitative estimate of drug-likeness (QED) is 0.567. The second-order valence-corrected chi connectivity index (χ2v) is 4.64. The Hall–Kier alpha value is -3.29. The highest BCUT2D eigenvalue weighted by Crippen LogP contribution is 2.22. The minimum Gasteiger partial charge on any atom is -0.305 e. The van der Waals surface area contributed by atoms with Crippen LogP contribution in [0.25, 0.3) is 22.5 Å². The zero-order valence-corrected chi connectivity index (χ0v) is 11.1. The summed E-state index contributed by atoms with van der Waals surface area (Å²) >= 11 is 0. The van der Waals surface area contributed by atoms with E-state index in [2.05, 4.69) is 20.2 Å². The van der Waals surface area contributed by atoms with Crippen LogP contribution in [-0.4, -0.2) is 29.4 Å². The molecule has 0 aliphatic rings. The molecule has 4 aromatic rings. The molecule has 4 heterocycles. The van der Waals surface area contributed by atoms with Crippen LogP contribution >= 0.6 is 0 Å². The van der Waals surface area contributed by atoms with Crippen molar-refractivity contribution < 1.29 is 4.39 Å². The summed E-state index contributed by atoms with van der Waals surface area (Å²) < 4.78 is 16.8. The maximum atomic E-state index is 13.7. The first-order valence-corrected chi connectivity index (χ1v) is 6.45. The molecule has 108 valence electrons. The summed E-state index contributed by atoms with van der Waals surface area (Å²) in [5.74, 6) is -0.560. The normalized spacial score (nSPS) is 11.1. The Morgan fingerprint density at radius 3 is 2.95 bits per heavy atom. The largest absolute Gasteiger partial charge is 0.305 e. The van der Waals surface area contributed by atoms with Crippen LogP contribution in [0, 0.1) is 5.95 Å². The summed E-state index contributed by atoms with van der Waals surface area (Å²) in [4.78, 5) is 17.8. The fourth-order valence-electron chi connectivity index (χ4n) is 2.25. The molecular weight excluding hydrogens is 287 g/mol. The van der Waals surface area contributed by atoms with E-state index in [0.717, 1.165) is 0 Å². The third-order valence-electron chi connectivity index (χ3n) is 3.28. The number of rotatable bonds is 2. The first kappa shape index (κ1) is 12.5. The maximum Gasteiger partial charge on any atom is 0.251 e. The van der Waals surface area contributed by atoms with Crippen molar-refractivity contribution in [1.82, 2.24) is 29.4 Å². The number of aromatic amines is 1. The molecule has 0 aliphatic heterocycles. The molecule has 0 saturated heterocycles. The van der Waals surface area contributed by atoms with E-state index in [1.54, 1.807) is 30.7 Å². The number of pyridine rings is 1. The van der Waals surface area contributed by atoms with E-state index in [0.29, 0.717) is 22.5 Å². The zero-order valence-electron chi connectivity index (χ0n) is 11.1. The number of hydrogen-bond donors (Lipinski definition) is 1. The molecule has 0 amide bonds. The van der Waals surface area contributed by atoms with E-state index in [-0.39, 0.29) is 5.56 Å². The molecular formula is C14H9FN6O. The predicted octanol–water partition coefficient (Wildman–Crippen LogP) is 1.41. The van der Waals surface area contributed by atoms with Crippen molar-refractivity contribution in [3.05, 3.63) is 65.5 Å². The molecule has 0 bridgehead atoms. The minimum absolute atomic E-state index is 0.236.